The highest BCUT2D eigenvalue weighted by Gasteiger charge is 2.35. The van der Waals surface area contributed by atoms with Crippen LogP contribution in [0.3, 0.4) is 0 Å². The lowest BCUT2D eigenvalue weighted by atomic mass is 9.93. The highest BCUT2D eigenvalue weighted by molar-refractivity contribution is 6.30. The zero-order valence-corrected chi connectivity index (χ0v) is 29.4. The number of carboxylic acid groups (broad SMARTS) is 1. The second-order valence-electron chi connectivity index (χ2n) is 14.1. The molecule has 0 spiro atoms. The first-order valence-corrected chi connectivity index (χ1v) is 17.0. The SMILES string of the molecule is CC(C)(C)CN1C[C@H](CC(=O)N2CCC(C(=O)O)CC2)O[C@@H](c2cccc3ccccc23)c2cc(Cl)ccc21.CN(C)c1ccncc1. The fraction of sp³-hybridized carbons (Fsp3) is 0.410. The van der Waals surface area contributed by atoms with Crippen molar-refractivity contribution in [2.24, 2.45) is 11.3 Å². The Morgan fingerprint density at radius 3 is 2.29 bits per heavy atom. The van der Waals surface area contributed by atoms with E-state index in [4.69, 9.17) is 16.3 Å². The number of amides is 1. The number of benzene rings is 3. The molecule has 254 valence electrons. The molecule has 2 aliphatic heterocycles. The number of nitrogens with zero attached hydrogens (tertiary/aromatic N) is 4. The van der Waals surface area contributed by atoms with E-state index in [0.717, 1.165) is 34.1 Å². The lowest BCUT2D eigenvalue weighted by Crippen LogP contribution is -2.44. The van der Waals surface area contributed by atoms with Gasteiger partial charge in [0.05, 0.1) is 18.4 Å². The van der Waals surface area contributed by atoms with Gasteiger partial charge < -0.3 is 24.5 Å². The Labute approximate surface area is 289 Å². The van der Waals surface area contributed by atoms with Gasteiger partial charge in [-0.25, -0.2) is 0 Å². The van der Waals surface area contributed by atoms with E-state index in [9.17, 15) is 14.7 Å². The van der Waals surface area contributed by atoms with Crippen LogP contribution in [0.25, 0.3) is 10.8 Å². The van der Waals surface area contributed by atoms with Crippen molar-refractivity contribution in [3.8, 4) is 0 Å². The van der Waals surface area contributed by atoms with Gasteiger partial charge in [-0.05, 0) is 64.9 Å². The number of pyridine rings is 1. The van der Waals surface area contributed by atoms with Crippen LogP contribution in [-0.4, -0.2) is 73.2 Å². The van der Waals surface area contributed by atoms with Crippen molar-refractivity contribution < 1.29 is 19.4 Å². The standard InChI is InChI=1S/C32H37ClN2O4.C7H10N2/c1-32(2,3)20-35-19-24(18-29(36)34-15-13-22(14-16-34)31(37)38)39-30(27-17-23(33)11-12-28(27)35)26-10-6-8-21-7-4-5-9-25(21)26;1-9(2)7-3-5-8-6-4-7/h4-12,17,22,24,30H,13-16,18-20H2,1-3H3,(H,37,38);3-6H,1-2H3/t24-,30-;/m0./s1. The van der Waals surface area contributed by atoms with E-state index in [1.807, 2.05) is 55.4 Å². The van der Waals surface area contributed by atoms with Crippen LogP contribution in [-0.2, 0) is 14.3 Å². The molecule has 6 rings (SSSR count). The molecule has 0 radical (unpaired) electrons. The summed E-state index contributed by atoms with van der Waals surface area (Å²) in [7, 11) is 4.02. The minimum Gasteiger partial charge on any atom is -0.481 e. The van der Waals surface area contributed by atoms with E-state index in [2.05, 4.69) is 67.1 Å². The number of likely N-dealkylation sites (tertiary alicyclic amines) is 1. The molecule has 0 saturated carbocycles. The van der Waals surface area contributed by atoms with E-state index >= 15 is 0 Å². The molecule has 8 nitrogen and oxygen atoms in total. The van der Waals surface area contributed by atoms with E-state index < -0.39 is 12.1 Å². The first-order chi connectivity index (χ1) is 22.9. The number of anilines is 2. The van der Waals surface area contributed by atoms with Gasteiger partial charge in [0.2, 0.25) is 5.91 Å². The third kappa shape index (κ3) is 8.85. The largest absolute Gasteiger partial charge is 0.481 e. The second-order valence-corrected chi connectivity index (χ2v) is 14.6. The van der Waals surface area contributed by atoms with Gasteiger partial charge >= 0.3 is 5.97 Å². The molecule has 3 aromatic carbocycles. The average Bonchev–Trinajstić information content (AvgIpc) is 3.20. The van der Waals surface area contributed by atoms with Crippen molar-refractivity contribution >= 4 is 45.6 Å². The monoisotopic (exact) mass is 670 g/mol. The van der Waals surface area contributed by atoms with Crippen LogP contribution in [0.4, 0.5) is 11.4 Å². The first kappa shape index (κ1) is 35.2. The summed E-state index contributed by atoms with van der Waals surface area (Å²) in [5, 5.41) is 12.2. The van der Waals surface area contributed by atoms with Crippen LogP contribution < -0.4 is 9.80 Å². The molecule has 1 fully saturated rings. The minimum absolute atomic E-state index is 0.0141. The lowest BCUT2D eigenvalue weighted by molar-refractivity contribution is -0.146. The van der Waals surface area contributed by atoms with E-state index in [-0.39, 0.29) is 29.8 Å². The van der Waals surface area contributed by atoms with Crippen molar-refractivity contribution in [2.75, 3.05) is 50.1 Å². The number of fused-ring (bicyclic) bond motifs is 2. The maximum Gasteiger partial charge on any atom is 0.306 e. The fourth-order valence-electron chi connectivity index (χ4n) is 6.57. The molecular formula is C39H47ClN4O4. The number of ether oxygens (including phenoxy) is 1. The third-order valence-electron chi connectivity index (χ3n) is 8.91. The predicted molar refractivity (Wildman–Crippen MR) is 194 cm³/mol. The maximum atomic E-state index is 13.5. The number of piperidine rings is 1. The number of hydrogen-bond donors (Lipinski definition) is 1. The van der Waals surface area contributed by atoms with Crippen LogP contribution in [0.1, 0.15) is 57.3 Å². The molecule has 3 heterocycles. The normalized spacial score (nSPS) is 18.4. The molecule has 9 heteroatoms. The molecule has 1 aromatic heterocycles. The molecule has 0 unspecified atom stereocenters. The smallest absolute Gasteiger partial charge is 0.306 e. The molecule has 4 aromatic rings. The number of rotatable bonds is 6. The summed E-state index contributed by atoms with van der Waals surface area (Å²) in [6.45, 7) is 8.94. The molecule has 2 atom stereocenters. The van der Waals surface area contributed by atoms with Gasteiger partial charge in [0, 0.05) is 74.6 Å². The molecule has 48 heavy (non-hydrogen) atoms. The van der Waals surface area contributed by atoms with Crippen molar-refractivity contribution in [3.05, 3.63) is 101 Å². The minimum atomic E-state index is -0.777. The Kier molecular flexibility index (Phi) is 11.3. The highest BCUT2D eigenvalue weighted by Crippen LogP contribution is 2.42. The first-order valence-electron chi connectivity index (χ1n) is 16.6. The number of halogens is 1. The molecule has 1 N–H and O–H groups in total. The van der Waals surface area contributed by atoms with Gasteiger partial charge in [0.1, 0.15) is 6.10 Å². The average molecular weight is 671 g/mol. The Bertz CT molecular complexity index is 1690. The van der Waals surface area contributed by atoms with Crippen LogP contribution in [0.5, 0.6) is 0 Å². The van der Waals surface area contributed by atoms with Gasteiger partial charge in [-0.1, -0.05) is 74.8 Å². The molecule has 2 aliphatic rings. The van der Waals surface area contributed by atoms with Crippen LogP contribution in [0.15, 0.2) is 85.2 Å². The Morgan fingerprint density at radius 2 is 1.65 bits per heavy atom. The molecule has 0 aliphatic carbocycles. The van der Waals surface area contributed by atoms with Crippen LogP contribution in [0, 0.1) is 11.3 Å². The number of carbonyl (C=O) groups excluding carboxylic acids is 1. The quantitative estimate of drug-likeness (QED) is 0.225. The maximum absolute atomic E-state index is 13.5. The van der Waals surface area contributed by atoms with Crippen LogP contribution >= 0.6 is 11.6 Å². The zero-order chi connectivity index (χ0) is 34.4. The summed E-state index contributed by atoms with van der Waals surface area (Å²) < 4.78 is 6.91. The number of carboxylic acids is 1. The fourth-order valence-corrected chi connectivity index (χ4v) is 6.75. The number of aromatic nitrogens is 1. The van der Waals surface area contributed by atoms with E-state index in [1.165, 1.54) is 5.69 Å². The van der Waals surface area contributed by atoms with Gasteiger partial charge in [-0.15, -0.1) is 0 Å². The third-order valence-corrected chi connectivity index (χ3v) is 9.15. The Morgan fingerprint density at radius 1 is 0.958 bits per heavy atom. The van der Waals surface area contributed by atoms with Gasteiger partial charge in [-0.2, -0.15) is 0 Å². The summed E-state index contributed by atoms with van der Waals surface area (Å²) in [4.78, 5) is 35.0. The predicted octanol–water partition coefficient (Wildman–Crippen LogP) is 7.69. The molecule has 1 amide bonds. The summed E-state index contributed by atoms with van der Waals surface area (Å²) in [5.74, 6) is -1.14. The van der Waals surface area contributed by atoms with Gasteiger partial charge in [-0.3, -0.25) is 14.6 Å². The topological polar surface area (TPSA) is 86.2 Å². The van der Waals surface area contributed by atoms with E-state index in [1.54, 1.807) is 17.3 Å². The summed E-state index contributed by atoms with van der Waals surface area (Å²) >= 11 is 6.56. The number of carbonyl (C=O) groups is 2. The Balaban J connectivity index is 0.000000434. The molecular weight excluding hydrogens is 624 g/mol. The molecule has 1 saturated heterocycles. The van der Waals surface area contributed by atoms with Crippen molar-refractivity contribution in [1.29, 1.82) is 0 Å². The van der Waals surface area contributed by atoms with E-state index in [0.29, 0.717) is 37.5 Å². The lowest BCUT2D eigenvalue weighted by Gasteiger charge is -2.34. The number of hydrogen-bond acceptors (Lipinski definition) is 6. The zero-order valence-electron chi connectivity index (χ0n) is 28.6. The van der Waals surface area contributed by atoms with Crippen LogP contribution in [0.2, 0.25) is 5.02 Å². The summed E-state index contributed by atoms with van der Waals surface area (Å²) in [5.41, 5.74) is 4.33. The van der Waals surface area contributed by atoms with Crippen molar-refractivity contribution in [3.63, 3.8) is 0 Å². The summed E-state index contributed by atoms with van der Waals surface area (Å²) in [6.07, 6.45) is 4.04. The second kappa shape index (κ2) is 15.4. The molecule has 0 bridgehead atoms. The summed E-state index contributed by atoms with van der Waals surface area (Å²) in [6, 6.07) is 24.5. The number of aliphatic carboxylic acids is 1. The van der Waals surface area contributed by atoms with Gasteiger partial charge in [0.15, 0.2) is 0 Å². The Hall–Kier alpha value is -4.14. The highest BCUT2D eigenvalue weighted by atomic mass is 35.5. The van der Waals surface area contributed by atoms with Gasteiger partial charge in [0.25, 0.3) is 0 Å². The van der Waals surface area contributed by atoms with Crippen molar-refractivity contribution in [2.45, 2.75) is 52.2 Å². The van der Waals surface area contributed by atoms with Crippen molar-refractivity contribution in [1.82, 2.24) is 9.88 Å².